The zero-order valence-corrected chi connectivity index (χ0v) is 9.32. The van der Waals surface area contributed by atoms with Gasteiger partial charge in [0.2, 0.25) is 12.3 Å². The Morgan fingerprint density at radius 2 is 2.00 bits per heavy atom. The lowest BCUT2D eigenvalue weighted by atomic mass is 9.91. The van der Waals surface area contributed by atoms with Crippen molar-refractivity contribution >= 4 is 6.21 Å². The van der Waals surface area contributed by atoms with Crippen LogP contribution in [0.2, 0.25) is 0 Å². The molecule has 1 aliphatic rings. The molecular weight excluding hydrogens is 224 g/mol. The molecule has 2 atom stereocenters. The Hall–Kier alpha value is -1.85. The first-order valence-electron chi connectivity index (χ1n) is 5.66. The summed E-state index contributed by atoms with van der Waals surface area (Å²) in [6.07, 6.45) is 5.46. The van der Waals surface area contributed by atoms with Gasteiger partial charge in [0.15, 0.2) is 5.76 Å². The molecule has 1 fully saturated rings. The number of hydroxylamine groups is 1. The third kappa shape index (κ3) is 2.64. The molecule has 0 bridgehead atoms. The number of nitrogens with zero attached hydrogens (tertiary/aromatic N) is 2. The summed E-state index contributed by atoms with van der Waals surface area (Å²) < 4.78 is 5.70. The van der Waals surface area contributed by atoms with E-state index in [1.54, 1.807) is 12.1 Å². The second-order valence-electron chi connectivity index (χ2n) is 4.21. The zero-order chi connectivity index (χ0) is 12.3. The highest BCUT2D eigenvalue weighted by atomic mass is 16.6. The van der Waals surface area contributed by atoms with E-state index in [-0.39, 0.29) is 4.92 Å². The van der Waals surface area contributed by atoms with E-state index in [2.05, 4.69) is 0 Å². The standard InChI is InChI=1S/C11H14N2O4/c14-12(8-9-4-3-7-17-9)10-5-1-2-6-11(10)13(15)16/h3-4,7-8,10-11H,1-2,5-6H2/b12-8-. The van der Waals surface area contributed by atoms with Crippen LogP contribution in [0.25, 0.3) is 0 Å². The van der Waals surface area contributed by atoms with E-state index in [0.717, 1.165) is 12.8 Å². The van der Waals surface area contributed by atoms with Gasteiger partial charge in [0.05, 0.1) is 6.26 Å². The van der Waals surface area contributed by atoms with Crippen molar-refractivity contribution in [1.29, 1.82) is 0 Å². The first-order valence-corrected chi connectivity index (χ1v) is 5.66. The van der Waals surface area contributed by atoms with Gasteiger partial charge in [0.25, 0.3) is 6.04 Å². The minimum atomic E-state index is -0.771. The van der Waals surface area contributed by atoms with E-state index >= 15 is 0 Å². The topological polar surface area (TPSA) is 82.3 Å². The quantitative estimate of drug-likeness (QED) is 0.264. The molecule has 2 rings (SSSR count). The summed E-state index contributed by atoms with van der Waals surface area (Å²) in [5.74, 6) is 0.424. The van der Waals surface area contributed by atoms with Gasteiger partial charge >= 0.3 is 0 Å². The van der Waals surface area contributed by atoms with Crippen LogP contribution in [0.3, 0.4) is 0 Å². The van der Waals surface area contributed by atoms with Crippen LogP contribution in [0.15, 0.2) is 22.8 Å². The molecule has 6 heteroatoms. The Morgan fingerprint density at radius 1 is 1.29 bits per heavy atom. The van der Waals surface area contributed by atoms with Crippen LogP contribution in [0.4, 0.5) is 0 Å². The normalized spacial score (nSPS) is 25.8. The van der Waals surface area contributed by atoms with Crippen molar-refractivity contribution in [1.82, 2.24) is 0 Å². The fourth-order valence-electron chi connectivity index (χ4n) is 2.22. The van der Waals surface area contributed by atoms with Gasteiger partial charge in [0.1, 0.15) is 0 Å². The molecule has 1 saturated carbocycles. The van der Waals surface area contributed by atoms with E-state index in [9.17, 15) is 15.3 Å². The summed E-state index contributed by atoms with van der Waals surface area (Å²) in [7, 11) is 0. The minimum Gasteiger partial charge on any atom is -0.623 e. The van der Waals surface area contributed by atoms with E-state index in [1.165, 1.54) is 12.5 Å². The molecule has 17 heavy (non-hydrogen) atoms. The van der Waals surface area contributed by atoms with Crippen molar-refractivity contribution in [2.24, 2.45) is 0 Å². The predicted molar refractivity (Wildman–Crippen MR) is 60.5 cm³/mol. The van der Waals surface area contributed by atoms with Crippen molar-refractivity contribution in [3.8, 4) is 0 Å². The molecule has 92 valence electrons. The lowest BCUT2D eigenvalue weighted by molar-refractivity contribution is -0.610. The molecular formula is C11H14N2O4. The fraction of sp³-hybridized carbons (Fsp3) is 0.545. The monoisotopic (exact) mass is 238 g/mol. The number of hydrogen-bond acceptors (Lipinski definition) is 4. The van der Waals surface area contributed by atoms with E-state index in [0.29, 0.717) is 23.3 Å². The first kappa shape index (κ1) is 11.6. The van der Waals surface area contributed by atoms with Crippen LogP contribution in [-0.2, 0) is 0 Å². The maximum absolute atomic E-state index is 11.9. The lowest BCUT2D eigenvalue weighted by Crippen LogP contribution is -2.42. The van der Waals surface area contributed by atoms with E-state index in [1.807, 2.05) is 0 Å². The van der Waals surface area contributed by atoms with Crippen LogP contribution >= 0.6 is 0 Å². The van der Waals surface area contributed by atoms with Crippen molar-refractivity contribution in [3.63, 3.8) is 0 Å². The molecule has 0 amide bonds. The third-order valence-electron chi connectivity index (χ3n) is 3.09. The van der Waals surface area contributed by atoms with Crippen LogP contribution < -0.4 is 0 Å². The van der Waals surface area contributed by atoms with Gasteiger partial charge < -0.3 is 9.62 Å². The van der Waals surface area contributed by atoms with Gasteiger partial charge in [0, 0.05) is 17.8 Å². The summed E-state index contributed by atoms with van der Waals surface area (Å²) in [5.41, 5.74) is 0. The number of nitro groups is 1. The Labute approximate surface area is 98.3 Å². The molecule has 1 heterocycles. The first-order chi connectivity index (χ1) is 8.18. The third-order valence-corrected chi connectivity index (χ3v) is 3.09. The van der Waals surface area contributed by atoms with Crippen molar-refractivity contribution < 1.29 is 14.1 Å². The van der Waals surface area contributed by atoms with Gasteiger partial charge in [-0.25, -0.2) is 0 Å². The average Bonchev–Trinajstić information content (AvgIpc) is 2.81. The molecule has 0 radical (unpaired) electrons. The van der Waals surface area contributed by atoms with Crippen molar-refractivity contribution in [2.45, 2.75) is 37.8 Å². The summed E-state index contributed by atoms with van der Waals surface area (Å²) in [4.78, 5) is 10.5. The molecule has 0 spiro atoms. The van der Waals surface area contributed by atoms with E-state index < -0.39 is 12.1 Å². The second-order valence-corrected chi connectivity index (χ2v) is 4.21. The van der Waals surface area contributed by atoms with Crippen LogP contribution in [0.5, 0.6) is 0 Å². The minimum absolute atomic E-state index is 0.343. The molecule has 1 aromatic rings. The van der Waals surface area contributed by atoms with Crippen LogP contribution in [0.1, 0.15) is 31.4 Å². The lowest BCUT2D eigenvalue weighted by Gasteiger charge is -2.23. The van der Waals surface area contributed by atoms with E-state index in [4.69, 9.17) is 4.42 Å². The summed E-state index contributed by atoms with van der Waals surface area (Å²) in [6.45, 7) is 0. The largest absolute Gasteiger partial charge is 0.623 e. The number of furan rings is 1. The summed E-state index contributed by atoms with van der Waals surface area (Å²) in [6, 6.07) is 1.97. The summed E-state index contributed by atoms with van der Waals surface area (Å²) in [5, 5.41) is 22.8. The highest BCUT2D eigenvalue weighted by molar-refractivity contribution is 5.71. The molecule has 6 nitrogen and oxygen atoms in total. The molecule has 1 aliphatic carbocycles. The Morgan fingerprint density at radius 3 is 2.59 bits per heavy atom. The summed E-state index contributed by atoms with van der Waals surface area (Å²) >= 11 is 0. The maximum atomic E-state index is 11.9. The maximum Gasteiger partial charge on any atom is 0.274 e. The molecule has 2 unspecified atom stereocenters. The zero-order valence-electron chi connectivity index (χ0n) is 9.32. The number of hydrogen-bond donors (Lipinski definition) is 0. The SMILES string of the molecule is O=[N+]([O-])C1CCCCC1/[N+]([O-])=C/c1ccco1. The second kappa shape index (κ2) is 4.99. The van der Waals surface area contributed by atoms with Crippen LogP contribution in [-0.4, -0.2) is 28.0 Å². The Kier molecular flexibility index (Phi) is 3.41. The highest BCUT2D eigenvalue weighted by Crippen LogP contribution is 2.22. The molecule has 0 aliphatic heterocycles. The molecule has 0 aromatic carbocycles. The average molecular weight is 238 g/mol. The van der Waals surface area contributed by atoms with Gasteiger partial charge in [-0.05, 0) is 25.0 Å². The van der Waals surface area contributed by atoms with Gasteiger partial charge in [-0.3, -0.25) is 10.1 Å². The predicted octanol–water partition coefficient (Wildman–Crippen LogP) is 1.80. The number of rotatable bonds is 3. The molecule has 0 N–H and O–H groups in total. The van der Waals surface area contributed by atoms with Crippen LogP contribution in [0, 0.1) is 15.3 Å². The Bertz CT molecular complexity index is 413. The highest BCUT2D eigenvalue weighted by Gasteiger charge is 2.40. The van der Waals surface area contributed by atoms with Crippen molar-refractivity contribution in [2.75, 3.05) is 0 Å². The fourth-order valence-corrected chi connectivity index (χ4v) is 2.22. The Balaban J connectivity index is 2.16. The van der Waals surface area contributed by atoms with Crippen molar-refractivity contribution in [3.05, 3.63) is 39.5 Å². The van der Waals surface area contributed by atoms with Gasteiger partial charge in [-0.15, -0.1) is 0 Å². The van der Waals surface area contributed by atoms with Gasteiger partial charge in [-0.2, -0.15) is 4.74 Å². The van der Waals surface area contributed by atoms with Gasteiger partial charge in [-0.1, -0.05) is 0 Å². The molecule has 0 saturated heterocycles. The molecule has 1 aromatic heterocycles. The smallest absolute Gasteiger partial charge is 0.274 e.